The average molecular weight is 249 g/mol. The number of hydrogen-bond acceptors (Lipinski definition) is 2. The number of amides is 1. The van der Waals surface area contributed by atoms with Gasteiger partial charge >= 0.3 is 0 Å². The van der Waals surface area contributed by atoms with Gasteiger partial charge in [-0.15, -0.1) is 12.4 Å². The van der Waals surface area contributed by atoms with E-state index in [4.69, 9.17) is 5.73 Å². The van der Waals surface area contributed by atoms with Crippen LogP contribution < -0.4 is 5.73 Å². The molecule has 1 heterocycles. The second kappa shape index (κ2) is 8.82. The van der Waals surface area contributed by atoms with Gasteiger partial charge in [0.2, 0.25) is 5.91 Å². The Hall–Kier alpha value is -0.280. The molecule has 0 aromatic heterocycles. The molecule has 0 bridgehead atoms. The SMILES string of the molecule is CC1CCCN1C(=O)CCCCCCN.Cl. The summed E-state index contributed by atoms with van der Waals surface area (Å²) in [4.78, 5) is 13.8. The van der Waals surface area contributed by atoms with Crippen molar-refractivity contribution in [2.24, 2.45) is 5.73 Å². The van der Waals surface area contributed by atoms with E-state index in [2.05, 4.69) is 6.92 Å². The number of rotatable bonds is 6. The average Bonchev–Trinajstić information content (AvgIpc) is 2.64. The molecule has 16 heavy (non-hydrogen) atoms. The highest BCUT2D eigenvalue weighted by molar-refractivity contribution is 5.85. The topological polar surface area (TPSA) is 46.3 Å². The lowest BCUT2D eigenvalue weighted by molar-refractivity contribution is -0.131. The van der Waals surface area contributed by atoms with Crippen LogP contribution >= 0.6 is 12.4 Å². The minimum absolute atomic E-state index is 0. The Bertz CT molecular complexity index is 199. The highest BCUT2D eigenvalue weighted by atomic mass is 35.5. The molecule has 0 aromatic carbocycles. The van der Waals surface area contributed by atoms with Crippen LogP contribution in [0.3, 0.4) is 0 Å². The van der Waals surface area contributed by atoms with Crippen molar-refractivity contribution in [3.63, 3.8) is 0 Å². The predicted molar refractivity (Wildman–Crippen MR) is 69.8 cm³/mol. The first-order valence-electron chi connectivity index (χ1n) is 6.25. The smallest absolute Gasteiger partial charge is 0.222 e. The molecule has 1 aliphatic heterocycles. The van der Waals surface area contributed by atoms with Gasteiger partial charge in [0.15, 0.2) is 0 Å². The zero-order valence-corrected chi connectivity index (χ0v) is 11.1. The highest BCUT2D eigenvalue weighted by Crippen LogP contribution is 2.18. The van der Waals surface area contributed by atoms with Crippen molar-refractivity contribution in [3.8, 4) is 0 Å². The van der Waals surface area contributed by atoms with Crippen molar-refractivity contribution in [3.05, 3.63) is 0 Å². The molecular formula is C12H25ClN2O. The molecule has 96 valence electrons. The highest BCUT2D eigenvalue weighted by Gasteiger charge is 2.23. The second-order valence-electron chi connectivity index (χ2n) is 4.53. The summed E-state index contributed by atoms with van der Waals surface area (Å²) in [5.41, 5.74) is 5.41. The van der Waals surface area contributed by atoms with E-state index in [0.29, 0.717) is 11.9 Å². The lowest BCUT2D eigenvalue weighted by atomic mass is 10.1. The Morgan fingerprint density at radius 3 is 2.56 bits per heavy atom. The van der Waals surface area contributed by atoms with E-state index in [-0.39, 0.29) is 12.4 Å². The first kappa shape index (κ1) is 15.7. The van der Waals surface area contributed by atoms with Crippen LogP contribution in [0.2, 0.25) is 0 Å². The largest absolute Gasteiger partial charge is 0.340 e. The molecule has 0 aliphatic carbocycles. The molecule has 1 amide bonds. The fraction of sp³-hybridized carbons (Fsp3) is 0.917. The van der Waals surface area contributed by atoms with Crippen molar-refractivity contribution < 1.29 is 4.79 Å². The van der Waals surface area contributed by atoms with Gasteiger partial charge in [0.25, 0.3) is 0 Å². The summed E-state index contributed by atoms with van der Waals surface area (Å²) in [7, 11) is 0. The maximum Gasteiger partial charge on any atom is 0.222 e. The summed E-state index contributed by atoms with van der Waals surface area (Å²) in [5, 5.41) is 0. The molecule has 0 saturated carbocycles. The Morgan fingerprint density at radius 2 is 2.00 bits per heavy atom. The molecule has 1 rings (SSSR count). The maximum atomic E-state index is 11.8. The first-order valence-corrected chi connectivity index (χ1v) is 6.25. The number of halogens is 1. The van der Waals surface area contributed by atoms with Crippen LogP contribution in [0.15, 0.2) is 0 Å². The minimum atomic E-state index is 0. The molecule has 1 fully saturated rings. The Morgan fingerprint density at radius 1 is 1.31 bits per heavy atom. The molecule has 2 N–H and O–H groups in total. The summed E-state index contributed by atoms with van der Waals surface area (Å²) in [5.74, 6) is 0.354. The summed E-state index contributed by atoms with van der Waals surface area (Å²) >= 11 is 0. The van der Waals surface area contributed by atoms with Crippen molar-refractivity contribution in [2.45, 2.75) is 57.9 Å². The second-order valence-corrected chi connectivity index (χ2v) is 4.53. The fourth-order valence-electron chi connectivity index (χ4n) is 2.22. The van der Waals surface area contributed by atoms with Crippen LogP contribution in [0, 0.1) is 0 Å². The summed E-state index contributed by atoms with van der Waals surface area (Å²) in [6.45, 7) is 3.90. The van der Waals surface area contributed by atoms with Gasteiger partial charge in [-0.3, -0.25) is 4.79 Å². The lowest BCUT2D eigenvalue weighted by Gasteiger charge is -2.21. The number of carbonyl (C=O) groups is 1. The van der Waals surface area contributed by atoms with Gasteiger partial charge in [0, 0.05) is 19.0 Å². The van der Waals surface area contributed by atoms with Crippen LogP contribution in [-0.4, -0.2) is 29.9 Å². The van der Waals surface area contributed by atoms with Crippen molar-refractivity contribution >= 4 is 18.3 Å². The van der Waals surface area contributed by atoms with Crippen LogP contribution in [0.4, 0.5) is 0 Å². The molecule has 0 radical (unpaired) electrons. The van der Waals surface area contributed by atoms with Crippen LogP contribution in [0.25, 0.3) is 0 Å². The Labute approximate surface area is 105 Å². The van der Waals surface area contributed by atoms with E-state index in [0.717, 1.165) is 38.8 Å². The predicted octanol–water partition coefficient (Wildman–Crippen LogP) is 2.33. The van der Waals surface area contributed by atoms with Crippen molar-refractivity contribution in [1.82, 2.24) is 4.90 Å². The molecule has 3 nitrogen and oxygen atoms in total. The zero-order chi connectivity index (χ0) is 11.1. The van der Waals surface area contributed by atoms with Crippen LogP contribution in [0.5, 0.6) is 0 Å². The third-order valence-electron chi connectivity index (χ3n) is 3.22. The monoisotopic (exact) mass is 248 g/mol. The van der Waals surface area contributed by atoms with Gasteiger partial charge in [-0.05, 0) is 39.2 Å². The number of likely N-dealkylation sites (tertiary alicyclic amines) is 1. The third-order valence-corrected chi connectivity index (χ3v) is 3.22. The van der Waals surface area contributed by atoms with E-state index in [9.17, 15) is 4.79 Å². The molecule has 1 aliphatic rings. The van der Waals surface area contributed by atoms with Gasteiger partial charge in [0.1, 0.15) is 0 Å². The first-order chi connectivity index (χ1) is 7.25. The molecule has 0 spiro atoms. The Balaban J connectivity index is 0.00000225. The maximum absolute atomic E-state index is 11.8. The van der Waals surface area contributed by atoms with E-state index in [1.54, 1.807) is 0 Å². The van der Waals surface area contributed by atoms with E-state index in [1.165, 1.54) is 19.3 Å². The molecular weight excluding hydrogens is 224 g/mol. The number of hydrogen-bond donors (Lipinski definition) is 1. The van der Waals surface area contributed by atoms with Crippen LogP contribution in [-0.2, 0) is 4.79 Å². The van der Waals surface area contributed by atoms with Crippen molar-refractivity contribution in [2.75, 3.05) is 13.1 Å². The lowest BCUT2D eigenvalue weighted by Crippen LogP contribution is -2.33. The molecule has 4 heteroatoms. The van der Waals surface area contributed by atoms with Gasteiger partial charge in [-0.25, -0.2) is 0 Å². The zero-order valence-electron chi connectivity index (χ0n) is 10.3. The van der Waals surface area contributed by atoms with Gasteiger partial charge in [-0.1, -0.05) is 12.8 Å². The van der Waals surface area contributed by atoms with Gasteiger partial charge < -0.3 is 10.6 Å². The van der Waals surface area contributed by atoms with Crippen molar-refractivity contribution in [1.29, 1.82) is 0 Å². The summed E-state index contributed by atoms with van der Waals surface area (Å²) < 4.78 is 0. The summed E-state index contributed by atoms with van der Waals surface area (Å²) in [6.07, 6.45) is 7.52. The number of nitrogens with two attached hydrogens (primary N) is 1. The number of nitrogens with zero attached hydrogens (tertiary/aromatic N) is 1. The quantitative estimate of drug-likeness (QED) is 0.734. The normalized spacial score (nSPS) is 19.6. The molecule has 1 saturated heterocycles. The molecule has 1 atom stereocenters. The van der Waals surface area contributed by atoms with E-state index < -0.39 is 0 Å². The van der Waals surface area contributed by atoms with Gasteiger partial charge in [0.05, 0.1) is 0 Å². The third kappa shape index (κ3) is 5.17. The minimum Gasteiger partial charge on any atom is -0.340 e. The summed E-state index contributed by atoms with van der Waals surface area (Å²) in [6, 6.07) is 0.474. The van der Waals surface area contributed by atoms with E-state index in [1.807, 2.05) is 4.90 Å². The number of carbonyl (C=O) groups excluding carboxylic acids is 1. The standard InChI is InChI=1S/C12H24N2O.ClH/c1-11-7-6-10-14(11)12(15)8-4-2-3-5-9-13;/h11H,2-10,13H2,1H3;1H. The fourth-order valence-corrected chi connectivity index (χ4v) is 2.22. The van der Waals surface area contributed by atoms with E-state index >= 15 is 0 Å². The van der Waals surface area contributed by atoms with Crippen LogP contribution in [0.1, 0.15) is 51.9 Å². The molecule has 1 unspecified atom stereocenters. The number of unbranched alkanes of at least 4 members (excludes halogenated alkanes) is 3. The van der Waals surface area contributed by atoms with Gasteiger partial charge in [-0.2, -0.15) is 0 Å². The Kier molecular flexibility index (Phi) is 8.67. The molecule has 0 aromatic rings.